The van der Waals surface area contributed by atoms with E-state index in [1.807, 2.05) is 24.3 Å². The first-order chi connectivity index (χ1) is 12.2. The van der Waals surface area contributed by atoms with Crippen molar-refractivity contribution in [2.75, 3.05) is 7.11 Å². The highest BCUT2D eigenvalue weighted by atomic mass is 16.5. The van der Waals surface area contributed by atoms with E-state index >= 15 is 0 Å². The van der Waals surface area contributed by atoms with Gasteiger partial charge in [0.2, 0.25) is 0 Å². The van der Waals surface area contributed by atoms with Crippen molar-refractivity contribution in [3.8, 4) is 5.75 Å². The number of rotatable bonds is 7. The van der Waals surface area contributed by atoms with Crippen LogP contribution in [0, 0.1) is 0 Å². The second-order valence-electron chi connectivity index (χ2n) is 5.61. The van der Waals surface area contributed by atoms with Gasteiger partial charge in [0, 0.05) is 11.9 Å². The molecule has 0 aliphatic carbocycles. The standard InChI is InChI=1S/C18H20N4O3/c1-3-4-11-22-17(19-20-21-22)12-25-18(23)15-9-10-16(24-2)14-8-6-5-7-13(14)15/h5-10H,3-4,11-12H2,1-2H3. The number of ether oxygens (including phenoxy) is 2. The first kappa shape index (κ1) is 16.9. The number of unbranched alkanes of at least 4 members (excludes halogenated alkanes) is 1. The molecule has 0 fully saturated rings. The molecule has 3 rings (SSSR count). The topological polar surface area (TPSA) is 79.1 Å². The van der Waals surface area contributed by atoms with E-state index < -0.39 is 5.97 Å². The minimum Gasteiger partial charge on any atom is -0.496 e. The number of esters is 1. The number of aryl methyl sites for hydroxylation is 1. The van der Waals surface area contributed by atoms with E-state index in [1.54, 1.807) is 23.9 Å². The Hall–Kier alpha value is -2.96. The fourth-order valence-corrected chi connectivity index (χ4v) is 2.64. The van der Waals surface area contributed by atoms with E-state index in [9.17, 15) is 4.79 Å². The van der Waals surface area contributed by atoms with E-state index in [2.05, 4.69) is 22.4 Å². The Balaban J connectivity index is 1.78. The van der Waals surface area contributed by atoms with Crippen LogP contribution in [0.15, 0.2) is 36.4 Å². The highest BCUT2D eigenvalue weighted by Crippen LogP contribution is 2.28. The third-order valence-electron chi connectivity index (χ3n) is 3.99. The Morgan fingerprint density at radius 1 is 1.16 bits per heavy atom. The van der Waals surface area contributed by atoms with Crippen LogP contribution in [0.4, 0.5) is 0 Å². The van der Waals surface area contributed by atoms with Crippen LogP contribution in [0.1, 0.15) is 35.9 Å². The molecule has 0 radical (unpaired) electrons. The highest BCUT2D eigenvalue weighted by Gasteiger charge is 2.15. The Labute approximate surface area is 145 Å². The summed E-state index contributed by atoms with van der Waals surface area (Å²) in [5, 5.41) is 13.2. The maximum absolute atomic E-state index is 12.5. The maximum Gasteiger partial charge on any atom is 0.339 e. The molecule has 1 heterocycles. The van der Waals surface area contributed by atoms with Gasteiger partial charge in [-0.3, -0.25) is 0 Å². The van der Waals surface area contributed by atoms with Crippen LogP contribution in [-0.4, -0.2) is 33.3 Å². The van der Waals surface area contributed by atoms with Crippen LogP contribution >= 0.6 is 0 Å². The van der Waals surface area contributed by atoms with Crippen molar-refractivity contribution in [1.29, 1.82) is 0 Å². The summed E-state index contributed by atoms with van der Waals surface area (Å²) in [7, 11) is 1.61. The summed E-state index contributed by atoms with van der Waals surface area (Å²) < 4.78 is 12.5. The molecule has 25 heavy (non-hydrogen) atoms. The summed E-state index contributed by atoms with van der Waals surface area (Å²) in [5.41, 5.74) is 0.490. The molecule has 0 aliphatic heterocycles. The zero-order valence-corrected chi connectivity index (χ0v) is 14.3. The lowest BCUT2D eigenvalue weighted by atomic mass is 10.0. The van der Waals surface area contributed by atoms with Gasteiger partial charge in [0.15, 0.2) is 12.4 Å². The fourth-order valence-electron chi connectivity index (χ4n) is 2.64. The Morgan fingerprint density at radius 3 is 2.72 bits per heavy atom. The normalized spacial score (nSPS) is 10.8. The minimum absolute atomic E-state index is 0.0376. The first-order valence-corrected chi connectivity index (χ1v) is 8.22. The Bertz CT molecular complexity index is 876. The molecule has 0 bridgehead atoms. The Morgan fingerprint density at radius 2 is 1.96 bits per heavy atom. The SMILES string of the molecule is CCCCn1nnnc1COC(=O)c1ccc(OC)c2ccccc12. The van der Waals surface area contributed by atoms with Crippen molar-refractivity contribution >= 4 is 16.7 Å². The molecule has 0 amide bonds. The van der Waals surface area contributed by atoms with Crippen molar-refractivity contribution in [1.82, 2.24) is 20.2 Å². The summed E-state index contributed by atoms with van der Waals surface area (Å²) in [6.45, 7) is 2.84. The van der Waals surface area contributed by atoms with E-state index in [1.165, 1.54) is 0 Å². The lowest BCUT2D eigenvalue weighted by Gasteiger charge is -2.10. The Kier molecular flexibility index (Phi) is 5.23. The van der Waals surface area contributed by atoms with E-state index in [4.69, 9.17) is 9.47 Å². The molecule has 0 aliphatic rings. The van der Waals surface area contributed by atoms with Gasteiger partial charge in [-0.05, 0) is 34.4 Å². The van der Waals surface area contributed by atoms with Gasteiger partial charge in [0.05, 0.1) is 12.7 Å². The summed E-state index contributed by atoms with van der Waals surface area (Å²) in [4.78, 5) is 12.5. The van der Waals surface area contributed by atoms with Gasteiger partial charge in [0.25, 0.3) is 0 Å². The van der Waals surface area contributed by atoms with E-state index in [-0.39, 0.29) is 6.61 Å². The van der Waals surface area contributed by atoms with Gasteiger partial charge in [-0.2, -0.15) is 0 Å². The van der Waals surface area contributed by atoms with E-state index in [0.29, 0.717) is 17.9 Å². The number of aromatic nitrogens is 4. The van der Waals surface area contributed by atoms with Crippen molar-refractivity contribution in [3.63, 3.8) is 0 Å². The third-order valence-corrected chi connectivity index (χ3v) is 3.99. The smallest absolute Gasteiger partial charge is 0.339 e. The number of methoxy groups -OCH3 is 1. The lowest BCUT2D eigenvalue weighted by molar-refractivity contribution is 0.0458. The predicted octanol–water partition coefficient (Wildman–Crippen LogP) is 2.99. The van der Waals surface area contributed by atoms with Crippen LogP contribution in [0.5, 0.6) is 5.75 Å². The second-order valence-corrected chi connectivity index (χ2v) is 5.61. The van der Waals surface area contributed by atoms with Crippen LogP contribution in [-0.2, 0) is 17.9 Å². The first-order valence-electron chi connectivity index (χ1n) is 8.22. The summed E-state index contributed by atoms with van der Waals surface area (Å²) in [6.07, 6.45) is 2.01. The van der Waals surface area contributed by atoms with Crippen molar-refractivity contribution in [2.24, 2.45) is 0 Å². The summed E-state index contributed by atoms with van der Waals surface area (Å²) >= 11 is 0. The van der Waals surface area contributed by atoms with Crippen molar-refractivity contribution in [3.05, 3.63) is 47.8 Å². The fraction of sp³-hybridized carbons (Fsp3) is 0.333. The molecule has 1 aromatic heterocycles. The molecule has 7 nitrogen and oxygen atoms in total. The molecule has 0 N–H and O–H groups in total. The third kappa shape index (κ3) is 3.60. The van der Waals surface area contributed by atoms with Gasteiger partial charge < -0.3 is 9.47 Å². The largest absolute Gasteiger partial charge is 0.496 e. The monoisotopic (exact) mass is 340 g/mol. The van der Waals surface area contributed by atoms with Gasteiger partial charge in [-0.1, -0.05) is 37.6 Å². The molecular formula is C18H20N4O3. The number of benzene rings is 2. The quantitative estimate of drug-likeness (QED) is 0.615. The molecule has 0 saturated carbocycles. The zero-order valence-electron chi connectivity index (χ0n) is 14.3. The van der Waals surface area contributed by atoms with Crippen LogP contribution in [0.2, 0.25) is 0 Å². The predicted molar refractivity (Wildman–Crippen MR) is 92.3 cm³/mol. The summed E-state index contributed by atoms with van der Waals surface area (Å²) in [6, 6.07) is 11.1. The maximum atomic E-state index is 12.5. The zero-order chi connectivity index (χ0) is 17.6. The van der Waals surface area contributed by atoms with Gasteiger partial charge in [-0.15, -0.1) is 5.10 Å². The number of nitrogens with zero attached hydrogens (tertiary/aromatic N) is 4. The lowest BCUT2D eigenvalue weighted by Crippen LogP contribution is -2.11. The number of hydrogen-bond acceptors (Lipinski definition) is 6. The highest BCUT2D eigenvalue weighted by molar-refractivity contribution is 6.06. The molecular weight excluding hydrogens is 320 g/mol. The van der Waals surface area contributed by atoms with Crippen LogP contribution in [0.3, 0.4) is 0 Å². The van der Waals surface area contributed by atoms with Crippen LogP contribution in [0.25, 0.3) is 10.8 Å². The average Bonchev–Trinajstić information content (AvgIpc) is 3.10. The molecule has 130 valence electrons. The van der Waals surface area contributed by atoms with E-state index in [0.717, 1.165) is 29.4 Å². The average molecular weight is 340 g/mol. The van der Waals surface area contributed by atoms with Gasteiger partial charge in [0.1, 0.15) is 5.75 Å². The van der Waals surface area contributed by atoms with Crippen LogP contribution < -0.4 is 4.74 Å². The second kappa shape index (κ2) is 7.74. The number of carbonyl (C=O) groups is 1. The minimum atomic E-state index is -0.413. The number of carbonyl (C=O) groups excluding carboxylic acids is 1. The van der Waals surface area contributed by atoms with Crippen molar-refractivity contribution in [2.45, 2.75) is 32.9 Å². The number of tetrazole rings is 1. The molecule has 0 atom stereocenters. The molecule has 0 spiro atoms. The molecule has 3 aromatic rings. The summed E-state index contributed by atoms with van der Waals surface area (Å²) in [5.74, 6) is 0.846. The van der Waals surface area contributed by atoms with Crippen molar-refractivity contribution < 1.29 is 14.3 Å². The number of hydrogen-bond donors (Lipinski definition) is 0. The van der Waals surface area contributed by atoms with Gasteiger partial charge in [-0.25, -0.2) is 9.48 Å². The molecule has 0 unspecified atom stereocenters. The molecule has 7 heteroatoms. The molecule has 0 saturated heterocycles. The number of fused-ring (bicyclic) bond motifs is 1. The molecule has 2 aromatic carbocycles. The van der Waals surface area contributed by atoms with Gasteiger partial charge >= 0.3 is 5.97 Å².